The Morgan fingerprint density at radius 2 is 1.90 bits per heavy atom. The van der Waals surface area contributed by atoms with Crippen LogP contribution in [0, 0.1) is 6.92 Å². The van der Waals surface area contributed by atoms with Crippen LogP contribution in [0.4, 0.5) is 5.69 Å². The average Bonchev–Trinajstić information content (AvgIpc) is 3.40. The minimum Gasteiger partial charge on any atom is -0.339 e. The highest BCUT2D eigenvalue weighted by Crippen LogP contribution is 2.20. The number of amides is 2. The fraction of sp³-hybridized carbons (Fsp3) is 0.273. The number of carbonyl (C=O) groups is 2. The van der Waals surface area contributed by atoms with Gasteiger partial charge in [-0.25, -0.2) is 0 Å². The van der Waals surface area contributed by atoms with Crippen LogP contribution in [-0.4, -0.2) is 39.9 Å². The van der Waals surface area contributed by atoms with Gasteiger partial charge in [0.05, 0.1) is 0 Å². The number of benzene rings is 2. The molecule has 0 saturated carbocycles. The van der Waals surface area contributed by atoms with Crippen LogP contribution in [-0.2, 0) is 11.2 Å². The zero-order valence-corrected chi connectivity index (χ0v) is 16.2. The van der Waals surface area contributed by atoms with Crippen molar-refractivity contribution in [3.05, 3.63) is 65.5 Å². The van der Waals surface area contributed by atoms with Gasteiger partial charge < -0.3 is 14.7 Å². The van der Waals surface area contributed by atoms with E-state index in [1.54, 1.807) is 24.3 Å². The largest absolute Gasteiger partial charge is 0.339 e. The molecule has 7 nitrogen and oxygen atoms in total. The zero-order chi connectivity index (χ0) is 20.2. The van der Waals surface area contributed by atoms with Crippen LogP contribution in [0.15, 0.2) is 53.1 Å². The Morgan fingerprint density at radius 3 is 2.69 bits per heavy atom. The number of nitrogens with one attached hydrogen (secondary N) is 1. The van der Waals surface area contributed by atoms with Crippen LogP contribution in [0.2, 0.25) is 0 Å². The van der Waals surface area contributed by atoms with E-state index in [-0.39, 0.29) is 24.1 Å². The second-order valence-electron chi connectivity index (χ2n) is 7.13. The number of carbonyl (C=O) groups excluding carboxylic acids is 2. The molecule has 1 saturated heterocycles. The molecule has 3 aromatic rings. The number of aromatic nitrogens is 2. The van der Waals surface area contributed by atoms with Crippen molar-refractivity contribution >= 4 is 17.5 Å². The Bertz CT molecular complexity index is 1040. The van der Waals surface area contributed by atoms with E-state index in [9.17, 15) is 9.59 Å². The fourth-order valence-corrected chi connectivity index (χ4v) is 3.44. The first-order chi connectivity index (χ1) is 14.1. The number of likely N-dealkylation sites (tertiary alicyclic amines) is 1. The van der Waals surface area contributed by atoms with E-state index >= 15 is 0 Å². The average molecular weight is 390 g/mol. The Labute approximate surface area is 168 Å². The van der Waals surface area contributed by atoms with Crippen LogP contribution in [0.3, 0.4) is 0 Å². The van der Waals surface area contributed by atoms with E-state index in [0.717, 1.165) is 37.1 Å². The topological polar surface area (TPSA) is 88.3 Å². The summed E-state index contributed by atoms with van der Waals surface area (Å²) >= 11 is 0. The lowest BCUT2D eigenvalue weighted by Gasteiger charge is -2.15. The lowest BCUT2D eigenvalue weighted by Crippen LogP contribution is -2.27. The molecule has 0 atom stereocenters. The van der Waals surface area contributed by atoms with Crippen molar-refractivity contribution < 1.29 is 14.1 Å². The van der Waals surface area contributed by atoms with Gasteiger partial charge >= 0.3 is 0 Å². The van der Waals surface area contributed by atoms with Crippen LogP contribution in [0.5, 0.6) is 0 Å². The monoisotopic (exact) mass is 390 g/mol. The molecule has 2 heterocycles. The lowest BCUT2D eigenvalue weighted by molar-refractivity contribution is -0.115. The predicted molar refractivity (Wildman–Crippen MR) is 108 cm³/mol. The number of hydrogen-bond donors (Lipinski definition) is 1. The molecule has 7 heteroatoms. The smallest absolute Gasteiger partial charge is 0.253 e. The summed E-state index contributed by atoms with van der Waals surface area (Å²) in [5.41, 5.74) is 3.04. The number of hydrogen-bond acceptors (Lipinski definition) is 5. The van der Waals surface area contributed by atoms with E-state index in [1.807, 2.05) is 36.1 Å². The maximum Gasteiger partial charge on any atom is 0.253 e. The van der Waals surface area contributed by atoms with Gasteiger partial charge in [-0.05, 0) is 43.5 Å². The summed E-state index contributed by atoms with van der Waals surface area (Å²) < 4.78 is 5.23. The lowest BCUT2D eigenvalue weighted by atomic mass is 10.1. The molecule has 1 aliphatic heterocycles. The predicted octanol–water partition coefficient (Wildman–Crippen LogP) is 3.46. The highest BCUT2D eigenvalue weighted by Gasteiger charge is 2.20. The summed E-state index contributed by atoms with van der Waals surface area (Å²) in [6, 6.07) is 14.7. The van der Waals surface area contributed by atoms with E-state index in [1.165, 1.54) is 0 Å². The van der Waals surface area contributed by atoms with Crippen LogP contribution >= 0.6 is 0 Å². The van der Waals surface area contributed by atoms with Gasteiger partial charge in [-0.2, -0.15) is 4.98 Å². The summed E-state index contributed by atoms with van der Waals surface area (Å²) in [4.78, 5) is 31.1. The molecular weight excluding hydrogens is 368 g/mol. The zero-order valence-electron chi connectivity index (χ0n) is 16.2. The maximum absolute atomic E-state index is 12.5. The number of nitrogens with zero attached hydrogens (tertiary/aromatic N) is 3. The third-order valence-electron chi connectivity index (χ3n) is 4.95. The van der Waals surface area contributed by atoms with Crippen molar-refractivity contribution in [3.63, 3.8) is 0 Å². The number of anilines is 1. The maximum atomic E-state index is 12.5. The Balaban J connectivity index is 1.41. The number of aryl methyl sites for hydroxylation is 1. The van der Waals surface area contributed by atoms with E-state index < -0.39 is 0 Å². The van der Waals surface area contributed by atoms with Crippen molar-refractivity contribution in [2.45, 2.75) is 26.2 Å². The normalized spacial score (nSPS) is 13.5. The highest BCUT2D eigenvalue weighted by atomic mass is 16.5. The van der Waals surface area contributed by atoms with Gasteiger partial charge in [0, 0.05) is 29.9 Å². The summed E-state index contributed by atoms with van der Waals surface area (Å²) in [5, 5.41) is 6.77. The molecule has 0 radical (unpaired) electrons. The molecule has 0 bridgehead atoms. The van der Waals surface area contributed by atoms with E-state index in [0.29, 0.717) is 17.1 Å². The van der Waals surface area contributed by atoms with Gasteiger partial charge in [-0.15, -0.1) is 0 Å². The molecule has 1 fully saturated rings. The molecule has 29 heavy (non-hydrogen) atoms. The third kappa shape index (κ3) is 4.34. The minimum absolute atomic E-state index is 0.00151. The second kappa shape index (κ2) is 8.26. The Kier molecular flexibility index (Phi) is 5.37. The summed E-state index contributed by atoms with van der Waals surface area (Å²) in [6.07, 6.45) is 2.04. The molecule has 0 spiro atoms. The quantitative estimate of drug-likeness (QED) is 0.721. The van der Waals surface area contributed by atoms with Gasteiger partial charge in [0.15, 0.2) is 0 Å². The number of rotatable bonds is 5. The molecule has 1 N–H and O–H groups in total. The standard InChI is InChI=1S/C22H22N4O3/c1-15-7-2-3-10-18(15)21-24-20(29-25-21)14-19(27)23-17-9-6-8-16(13-17)22(28)26-11-4-5-12-26/h2-3,6-10,13H,4-5,11-12,14H2,1H3,(H,23,27). The van der Waals surface area contributed by atoms with Gasteiger partial charge in [-0.1, -0.05) is 35.5 Å². The SMILES string of the molecule is Cc1ccccc1-c1noc(CC(=O)Nc2cccc(C(=O)N3CCCC3)c2)n1. The molecule has 2 aromatic carbocycles. The first kappa shape index (κ1) is 18.9. The van der Waals surface area contributed by atoms with Crippen LogP contribution in [0.1, 0.15) is 34.7 Å². The molecule has 2 amide bonds. The van der Waals surface area contributed by atoms with Crippen molar-refractivity contribution in [2.24, 2.45) is 0 Å². The summed E-state index contributed by atoms with van der Waals surface area (Å²) in [6.45, 7) is 3.54. The molecule has 1 aromatic heterocycles. The first-order valence-electron chi connectivity index (χ1n) is 9.68. The van der Waals surface area contributed by atoms with Crippen molar-refractivity contribution in [1.29, 1.82) is 0 Å². The van der Waals surface area contributed by atoms with Gasteiger partial charge in [-0.3, -0.25) is 9.59 Å². The molecule has 1 aliphatic rings. The van der Waals surface area contributed by atoms with Crippen molar-refractivity contribution in [1.82, 2.24) is 15.0 Å². The van der Waals surface area contributed by atoms with Crippen LogP contribution in [0.25, 0.3) is 11.4 Å². The van der Waals surface area contributed by atoms with Crippen LogP contribution < -0.4 is 5.32 Å². The third-order valence-corrected chi connectivity index (χ3v) is 4.95. The van der Waals surface area contributed by atoms with Gasteiger partial charge in [0.25, 0.3) is 5.91 Å². The highest BCUT2D eigenvalue weighted by molar-refractivity contribution is 5.97. The minimum atomic E-state index is -0.282. The van der Waals surface area contributed by atoms with Crippen molar-refractivity contribution in [2.75, 3.05) is 18.4 Å². The summed E-state index contributed by atoms with van der Waals surface area (Å²) in [5.74, 6) is 0.420. The van der Waals surface area contributed by atoms with Gasteiger partial charge in [0.2, 0.25) is 17.6 Å². The Hall–Kier alpha value is -3.48. The van der Waals surface area contributed by atoms with E-state index in [2.05, 4.69) is 15.5 Å². The fourth-order valence-electron chi connectivity index (χ4n) is 3.44. The molecule has 148 valence electrons. The van der Waals surface area contributed by atoms with E-state index in [4.69, 9.17) is 4.52 Å². The van der Waals surface area contributed by atoms with Gasteiger partial charge in [0.1, 0.15) is 6.42 Å². The molecule has 4 rings (SSSR count). The molecular formula is C22H22N4O3. The molecule has 0 aliphatic carbocycles. The molecule has 0 unspecified atom stereocenters. The van der Waals surface area contributed by atoms with Crippen molar-refractivity contribution in [3.8, 4) is 11.4 Å². The Morgan fingerprint density at radius 1 is 1.10 bits per heavy atom. The first-order valence-corrected chi connectivity index (χ1v) is 9.68. The second-order valence-corrected chi connectivity index (χ2v) is 7.13. The summed E-state index contributed by atoms with van der Waals surface area (Å²) in [7, 11) is 0.